The molecule has 0 heterocycles. The van der Waals surface area contributed by atoms with Crippen molar-refractivity contribution in [3.63, 3.8) is 0 Å². The topological polar surface area (TPSA) is 35.2 Å². The first-order valence-corrected chi connectivity index (χ1v) is 4.96. The molecule has 90 valence electrons. The van der Waals surface area contributed by atoms with Crippen LogP contribution < -0.4 is 5.73 Å². The minimum absolute atomic E-state index is 0.0192. The highest BCUT2D eigenvalue weighted by Crippen LogP contribution is 2.22. The van der Waals surface area contributed by atoms with Crippen molar-refractivity contribution in [3.05, 3.63) is 35.9 Å². The summed E-state index contributed by atoms with van der Waals surface area (Å²) in [5, 5.41) is 0. The second-order valence-corrected chi connectivity index (χ2v) is 3.37. The zero-order valence-electron chi connectivity index (χ0n) is 8.70. The van der Waals surface area contributed by atoms with Crippen LogP contribution >= 0.6 is 0 Å². The van der Waals surface area contributed by atoms with Gasteiger partial charge < -0.3 is 10.5 Å². The third-order valence-corrected chi connectivity index (χ3v) is 2.13. The molecule has 0 fully saturated rings. The van der Waals surface area contributed by atoms with Gasteiger partial charge in [0.25, 0.3) is 0 Å². The van der Waals surface area contributed by atoms with E-state index in [1.807, 2.05) is 30.3 Å². The normalized spacial score (nSPS) is 13.8. The first-order valence-electron chi connectivity index (χ1n) is 4.96. The Morgan fingerprint density at radius 1 is 1.19 bits per heavy atom. The van der Waals surface area contributed by atoms with E-state index in [1.165, 1.54) is 0 Å². The molecule has 5 heteroatoms. The maximum Gasteiger partial charge on any atom is 0.415 e. The molecule has 16 heavy (non-hydrogen) atoms. The number of nitrogens with two attached hydrogens (primary N) is 1. The SMILES string of the molecule is NCC(OCCc1ccccc1)C(F)(F)F. The lowest BCUT2D eigenvalue weighted by Gasteiger charge is -2.18. The number of alkyl halides is 3. The van der Waals surface area contributed by atoms with Crippen LogP contribution in [0.1, 0.15) is 5.56 Å². The van der Waals surface area contributed by atoms with Gasteiger partial charge in [-0.3, -0.25) is 0 Å². The van der Waals surface area contributed by atoms with E-state index in [1.54, 1.807) is 0 Å². The highest BCUT2D eigenvalue weighted by atomic mass is 19.4. The van der Waals surface area contributed by atoms with Crippen molar-refractivity contribution in [2.24, 2.45) is 5.73 Å². The molecule has 1 rings (SSSR count). The summed E-state index contributed by atoms with van der Waals surface area (Å²) >= 11 is 0. The lowest BCUT2D eigenvalue weighted by molar-refractivity contribution is -0.216. The molecule has 2 N–H and O–H groups in total. The van der Waals surface area contributed by atoms with Gasteiger partial charge in [-0.25, -0.2) is 0 Å². The van der Waals surface area contributed by atoms with Crippen LogP contribution in [0.15, 0.2) is 30.3 Å². The fraction of sp³-hybridized carbons (Fsp3) is 0.455. The molecule has 1 aromatic carbocycles. The molecule has 0 saturated carbocycles. The molecule has 0 aliphatic rings. The van der Waals surface area contributed by atoms with E-state index in [0.29, 0.717) is 6.42 Å². The van der Waals surface area contributed by atoms with Gasteiger partial charge >= 0.3 is 6.18 Å². The summed E-state index contributed by atoms with van der Waals surface area (Å²) in [5.74, 6) is 0. The van der Waals surface area contributed by atoms with Gasteiger partial charge in [-0.15, -0.1) is 0 Å². The number of hydrogen-bond donors (Lipinski definition) is 1. The van der Waals surface area contributed by atoms with Gasteiger partial charge in [-0.2, -0.15) is 13.2 Å². The third-order valence-electron chi connectivity index (χ3n) is 2.13. The number of hydrogen-bond acceptors (Lipinski definition) is 2. The Morgan fingerprint density at radius 2 is 1.81 bits per heavy atom. The van der Waals surface area contributed by atoms with E-state index in [-0.39, 0.29) is 6.61 Å². The quantitative estimate of drug-likeness (QED) is 0.845. The van der Waals surface area contributed by atoms with Gasteiger partial charge in [0, 0.05) is 6.54 Å². The van der Waals surface area contributed by atoms with Gasteiger partial charge in [0.1, 0.15) is 0 Å². The molecule has 1 aromatic rings. The van der Waals surface area contributed by atoms with E-state index in [0.717, 1.165) is 5.56 Å². The molecule has 0 aromatic heterocycles. The highest BCUT2D eigenvalue weighted by molar-refractivity contribution is 5.14. The summed E-state index contributed by atoms with van der Waals surface area (Å²) in [4.78, 5) is 0. The summed E-state index contributed by atoms with van der Waals surface area (Å²) in [5.41, 5.74) is 5.94. The molecule has 0 aliphatic heterocycles. The Kier molecular flexibility index (Phi) is 4.76. The molecular weight excluding hydrogens is 219 g/mol. The lowest BCUT2D eigenvalue weighted by Crippen LogP contribution is -2.38. The van der Waals surface area contributed by atoms with Crippen LogP contribution in [-0.4, -0.2) is 25.4 Å². The van der Waals surface area contributed by atoms with E-state index >= 15 is 0 Å². The number of rotatable bonds is 5. The predicted octanol–water partition coefficient (Wildman–Crippen LogP) is 2.14. The maximum atomic E-state index is 12.2. The monoisotopic (exact) mass is 233 g/mol. The van der Waals surface area contributed by atoms with Crippen molar-refractivity contribution < 1.29 is 17.9 Å². The average molecular weight is 233 g/mol. The predicted molar refractivity (Wildman–Crippen MR) is 55.0 cm³/mol. The Morgan fingerprint density at radius 3 is 2.31 bits per heavy atom. The minimum atomic E-state index is -4.38. The van der Waals surface area contributed by atoms with Crippen molar-refractivity contribution in [1.29, 1.82) is 0 Å². The fourth-order valence-electron chi connectivity index (χ4n) is 1.26. The Labute approximate surface area is 92.2 Å². The summed E-state index contributed by atoms with van der Waals surface area (Å²) in [6.07, 6.45) is -5.80. The Hall–Kier alpha value is -1.07. The summed E-state index contributed by atoms with van der Waals surface area (Å²) in [6, 6.07) is 9.20. The van der Waals surface area contributed by atoms with E-state index in [2.05, 4.69) is 0 Å². The van der Waals surface area contributed by atoms with Crippen LogP contribution in [0.3, 0.4) is 0 Å². The van der Waals surface area contributed by atoms with Gasteiger partial charge in [0.15, 0.2) is 6.10 Å². The van der Waals surface area contributed by atoms with Gasteiger partial charge in [-0.05, 0) is 12.0 Å². The molecular formula is C11H14F3NO. The molecule has 0 bridgehead atoms. The number of halogens is 3. The fourth-order valence-corrected chi connectivity index (χ4v) is 1.26. The van der Waals surface area contributed by atoms with Crippen LogP contribution in [0.5, 0.6) is 0 Å². The first-order chi connectivity index (χ1) is 7.54. The van der Waals surface area contributed by atoms with Crippen LogP contribution in [0, 0.1) is 0 Å². The molecule has 1 unspecified atom stereocenters. The maximum absolute atomic E-state index is 12.2. The Balaban J connectivity index is 2.35. The van der Waals surface area contributed by atoms with Crippen molar-refractivity contribution >= 4 is 0 Å². The molecule has 0 saturated heterocycles. The summed E-state index contributed by atoms with van der Waals surface area (Å²) < 4.78 is 41.4. The zero-order chi connectivity index (χ0) is 12.0. The average Bonchev–Trinajstić information content (AvgIpc) is 2.24. The van der Waals surface area contributed by atoms with Crippen LogP contribution in [0.25, 0.3) is 0 Å². The second kappa shape index (κ2) is 5.86. The lowest BCUT2D eigenvalue weighted by atomic mass is 10.2. The summed E-state index contributed by atoms with van der Waals surface area (Å²) in [7, 11) is 0. The molecule has 0 spiro atoms. The molecule has 2 nitrogen and oxygen atoms in total. The Bertz CT molecular complexity index is 300. The van der Waals surface area contributed by atoms with Crippen LogP contribution in [0.2, 0.25) is 0 Å². The van der Waals surface area contributed by atoms with Crippen LogP contribution in [-0.2, 0) is 11.2 Å². The first kappa shape index (κ1) is 13.0. The number of benzene rings is 1. The third kappa shape index (κ3) is 4.20. The highest BCUT2D eigenvalue weighted by Gasteiger charge is 2.39. The summed E-state index contributed by atoms with van der Waals surface area (Å²) in [6.45, 7) is -0.524. The van der Waals surface area contributed by atoms with Crippen molar-refractivity contribution in [3.8, 4) is 0 Å². The van der Waals surface area contributed by atoms with Gasteiger partial charge in [0.05, 0.1) is 6.61 Å². The minimum Gasteiger partial charge on any atom is -0.367 e. The van der Waals surface area contributed by atoms with Crippen LogP contribution in [0.4, 0.5) is 13.2 Å². The van der Waals surface area contributed by atoms with E-state index in [4.69, 9.17) is 10.5 Å². The molecule has 0 aliphatic carbocycles. The van der Waals surface area contributed by atoms with Crippen molar-refractivity contribution in [2.75, 3.05) is 13.2 Å². The van der Waals surface area contributed by atoms with Crippen molar-refractivity contribution in [1.82, 2.24) is 0 Å². The zero-order valence-corrected chi connectivity index (χ0v) is 8.70. The largest absolute Gasteiger partial charge is 0.415 e. The standard InChI is InChI=1S/C11H14F3NO/c12-11(13,14)10(8-15)16-7-6-9-4-2-1-3-5-9/h1-5,10H,6-8,15H2. The van der Waals surface area contributed by atoms with Crippen molar-refractivity contribution in [2.45, 2.75) is 18.7 Å². The molecule has 1 atom stereocenters. The second-order valence-electron chi connectivity index (χ2n) is 3.37. The van der Waals surface area contributed by atoms with E-state index in [9.17, 15) is 13.2 Å². The van der Waals surface area contributed by atoms with Gasteiger partial charge in [0.2, 0.25) is 0 Å². The van der Waals surface area contributed by atoms with E-state index < -0.39 is 18.8 Å². The smallest absolute Gasteiger partial charge is 0.367 e. The number of ether oxygens (including phenoxy) is 1. The molecule has 0 amide bonds. The molecule has 0 radical (unpaired) electrons. The van der Waals surface area contributed by atoms with Gasteiger partial charge in [-0.1, -0.05) is 30.3 Å².